The Kier molecular flexibility index (Phi) is 6.63. The predicted octanol–water partition coefficient (Wildman–Crippen LogP) is 3.40. The smallest absolute Gasteiger partial charge is 0.263 e. The molecule has 2 N–H and O–H groups in total. The summed E-state index contributed by atoms with van der Waals surface area (Å²) in [6.07, 6.45) is 1.39. The van der Waals surface area contributed by atoms with Crippen molar-refractivity contribution in [2.24, 2.45) is 0 Å². The Morgan fingerprint density at radius 2 is 1.58 bits per heavy atom. The summed E-state index contributed by atoms with van der Waals surface area (Å²) in [4.78, 5) is 12.3. The van der Waals surface area contributed by atoms with E-state index < -0.39 is 5.91 Å². The van der Waals surface area contributed by atoms with Crippen LogP contribution in [0, 0.1) is 11.3 Å². The van der Waals surface area contributed by atoms with Crippen molar-refractivity contribution in [1.29, 1.82) is 5.26 Å². The molecule has 2 aromatic rings. The first kappa shape index (κ1) is 18.9. The molecule has 0 spiro atoms. The van der Waals surface area contributed by atoms with E-state index >= 15 is 0 Å². The number of nitrogens with zero attached hydrogens (tertiary/aromatic N) is 1. The van der Waals surface area contributed by atoms with E-state index in [0.29, 0.717) is 0 Å². The van der Waals surface area contributed by atoms with E-state index in [-0.39, 0.29) is 11.6 Å². The normalized spacial score (nSPS) is 11.8. The topological polar surface area (TPSA) is 83.4 Å². The largest absolute Gasteiger partial charge is 0.497 e. The van der Waals surface area contributed by atoms with E-state index in [2.05, 4.69) is 10.6 Å². The predicted molar refractivity (Wildman–Crippen MR) is 99.9 cm³/mol. The summed E-state index contributed by atoms with van der Waals surface area (Å²) in [5, 5.41) is 15.0. The van der Waals surface area contributed by atoms with Crippen LogP contribution in [0.1, 0.15) is 18.5 Å². The fourth-order valence-electron chi connectivity index (χ4n) is 2.24. The van der Waals surface area contributed by atoms with E-state index in [1.807, 2.05) is 37.3 Å². The molecular formula is C20H21N3O3. The van der Waals surface area contributed by atoms with Crippen molar-refractivity contribution in [3.8, 4) is 17.6 Å². The number of ether oxygens (including phenoxy) is 2. The molecule has 0 heterocycles. The minimum atomic E-state index is -0.447. The highest BCUT2D eigenvalue weighted by atomic mass is 16.5. The van der Waals surface area contributed by atoms with Gasteiger partial charge in [0.15, 0.2) is 0 Å². The molecule has 0 radical (unpaired) electrons. The summed E-state index contributed by atoms with van der Waals surface area (Å²) in [6.45, 7) is 1.85. The number of methoxy groups -OCH3 is 2. The van der Waals surface area contributed by atoms with Gasteiger partial charge < -0.3 is 20.1 Å². The number of benzene rings is 2. The van der Waals surface area contributed by atoms with Gasteiger partial charge in [0.2, 0.25) is 0 Å². The standard InChI is InChI=1S/C20H21N3O3/c1-14(15-4-8-18(25-2)9-5-15)23-20(24)16(12-21)13-22-17-6-10-19(26-3)11-7-17/h4-11,13-14,22H,1-3H3,(H,23,24)/b16-13-. The second-order valence-corrected chi connectivity index (χ2v) is 5.51. The molecule has 6 nitrogen and oxygen atoms in total. The van der Waals surface area contributed by atoms with Gasteiger partial charge >= 0.3 is 0 Å². The fraction of sp³-hybridized carbons (Fsp3) is 0.200. The lowest BCUT2D eigenvalue weighted by molar-refractivity contribution is -0.117. The summed E-state index contributed by atoms with van der Waals surface area (Å²) in [7, 11) is 3.18. The zero-order valence-corrected chi connectivity index (χ0v) is 14.9. The van der Waals surface area contributed by atoms with Crippen molar-refractivity contribution in [2.45, 2.75) is 13.0 Å². The van der Waals surface area contributed by atoms with Crippen molar-refractivity contribution >= 4 is 11.6 Å². The zero-order chi connectivity index (χ0) is 18.9. The molecule has 2 rings (SSSR count). The first-order valence-corrected chi connectivity index (χ1v) is 8.03. The number of hydrogen-bond donors (Lipinski definition) is 2. The zero-order valence-electron chi connectivity index (χ0n) is 14.9. The average Bonchev–Trinajstić information content (AvgIpc) is 2.69. The van der Waals surface area contributed by atoms with Gasteiger partial charge in [0.1, 0.15) is 23.1 Å². The summed E-state index contributed by atoms with van der Waals surface area (Å²) < 4.78 is 10.2. The highest BCUT2D eigenvalue weighted by Gasteiger charge is 2.13. The first-order valence-electron chi connectivity index (χ1n) is 8.03. The Balaban J connectivity index is 2.01. The average molecular weight is 351 g/mol. The third-order valence-corrected chi connectivity index (χ3v) is 3.80. The van der Waals surface area contributed by atoms with E-state index in [9.17, 15) is 10.1 Å². The van der Waals surface area contributed by atoms with Crippen LogP contribution in [0.5, 0.6) is 11.5 Å². The Morgan fingerprint density at radius 3 is 2.08 bits per heavy atom. The molecule has 0 aliphatic rings. The Hall–Kier alpha value is -3.46. The molecule has 0 bridgehead atoms. The van der Waals surface area contributed by atoms with Crippen LogP contribution >= 0.6 is 0 Å². The number of hydrogen-bond acceptors (Lipinski definition) is 5. The first-order chi connectivity index (χ1) is 12.6. The number of carbonyl (C=O) groups is 1. The number of rotatable bonds is 7. The van der Waals surface area contributed by atoms with Gasteiger partial charge in [-0.25, -0.2) is 0 Å². The Morgan fingerprint density at radius 1 is 1.04 bits per heavy atom. The summed E-state index contributed by atoms with van der Waals surface area (Å²) in [5.41, 5.74) is 1.65. The summed E-state index contributed by atoms with van der Waals surface area (Å²) >= 11 is 0. The summed E-state index contributed by atoms with van der Waals surface area (Å²) in [6, 6.07) is 16.2. The summed E-state index contributed by atoms with van der Waals surface area (Å²) in [5.74, 6) is 1.02. The minimum absolute atomic E-state index is 0.0128. The van der Waals surface area contributed by atoms with Gasteiger partial charge in [0.05, 0.1) is 20.3 Å². The number of anilines is 1. The van der Waals surface area contributed by atoms with Crippen LogP contribution in [0.15, 0.2) is 60.3 Å². The van der Waals surface area contributed by atoms with E-state index in [1.54, 1.807) is 38.5 Å². The number of carbonyl (C=O) groups excluding carboxylic acids is 1. The number of nitrogens with one attached hydrogen (secondary N) is 2. The lowest BCUT2D eigenvalue weighted by Crippen LogP contribution is -2.28. The molecule has 2 aromatic carbocycles. The number of nitriles is 1. The molecule has 6 heteroatoms. The van der Waals surface area contributed by atoms with Gasteiger partial charge in [0.25, 0.3) is 5.91 Å². The molecule has 1 unspecified atom stereocenters. The van der Waals surface area contributed by atoms with Crippen molar-refractivity contribution in [1.82, 2.24) is 5.32 Å². The monoisotopic (exact) mass is 351 g/mol. The number of amides is 1. The lowest BCUT2D eigenvalue weighted by atomic mass is 10.1. The second-order valence-electron chi connectivity index (χ2n) is 5.51. The molecule has 0 fully saturated rings. The molecule has 0 aliphatic carbocycles. The van der Waals surface area contributed by atoms with Crippen LogP contribution in [-0.4, -0.2) is 20.1 Å². The second kappa shape index (κ2) is 9.14. The van der Waals surface area contributed by atoms with Crippen LogP contribution in [0.25, 0.3) is 0 Å². The molecular weight excluding hydrogens is 330 g/mol. The van der Waals surface area contributed by atoms with E-state index in [1.165, 1.54) is 6.20 Å². The Labute approximate surface area is 153 Å². The quantitative estimate of drug-likeness (QED) is 0.590. The third kappa shape index (κ3) is 5.02. The lowest BCUT2D eigenvalue weighted by Gasteiger charge is -2.14. The van der Waals surface area contributed by atoms with Gasteiger partial charge in [0, 0.05) is 11.9 Å². The van der Waals surface area contributed by atoms with Crippen molar-refractivity contribution in [3.63, 3.8) is 0 Å². The highest BCUT2D eigenvalue weighted by molar-refractivity contribution is 5.97. The van der Waals surface area contributed by atoms with Gasteiger partial charge in [-0.1, -0.05) is 12.1 Å². The van der Waals surface area contributed by atoms with Gasteiger partial charge in [-0.2, -0.15) is 5.26 Å². The fourth-order valence-corrected chi connectivity index (χ4v) is 2.24. The molecule has 134 valence electrons. The van der Waals surface area contributed by atoms with Gasteiger partial charge in [-0.05, 0) is 48.9 Å². The molecule has 1 atom stereocenters. The van der Waals surface area contributed by atoms with Crippen LogP contribution in [0.2, 0.25) is 0 Å². The maximum Gasteiger partial charge on any atom is 0.263 e. The van der Waals surface area contributed by atoms with Crippen molar-refractivity contribution in [2.75, 3.05) is 19.5 Å². The maximum absolute atomic E-state index is 12.3. The van der Waals surface area contributed by atoms with Gasteiger partial charge in [-0.15, -0.1) is 0 Å². The van der Waals surface area contributed by atoms with E-state index in [0.717, 1.165) is 22.7 Å². The van der Waals surface area contributed by atoms with Crippen LogP contribution in [0.4, 0.5) is 5.69 Å². The molecule has 0 saturated heterocycles. The van der Waals surface area contributed by atoms with Crippen molar-refractivity contribution in [3.05, 3.63) is 65.9 Å². The third-order valence-electron chi connectivity index (χ3n) is 3.80. The van der Waals surface area contributed by atoms with Crippen LogP contribution < -0.4 is 20.1 Å². The Bertz CT molecular complexity index is 806. The van der Waals surface area contributed by atoms with E-state index in [4.69, 9.17) is 9.47 Å². The minimum Gasteiger partial charge on any atom is -0.497 e. The SMILES string of the molecule is COc1ccc(N/C=C(/C#N)C(=O)NC(C)c2ccc(OC)cc2)cc1. The van der Waals surface area contributed by atoms with Gasteiger partial charge in [-0.3, -0.25) is 4.79 Å². The van der Waals surface area contributed by atoms with Crippen LogP contribution in [-0.2, 0) is 4.79 Å². The molecule has 1 amide bonds. The molecule has 0 aliphatic heterocycles. The van der Waals surface area contributed by atoms with Crippen LogP contribution in [0.3, 0.4) is 0 Å². The molecule has 0 aromatic heterocycles. The molecule has 0 saturated carbocycles. The maximum atomic E-state index is 12.3. The highest BCUT2D eigenvalue weighted by Crippen LogP contribution is 2.18. The molecule has 26 heavy (non-hydrogen) atoms. The van der Waals surface area contributed by atoms with Crippen molar-refractivity contribution < 1.29 is 14.3 Å².